The van der Waals surface area contributed by atoms with E-state index in [4.69, 9.17) is 0 Å². The second kappa shape index (κ2) is 9.75. The summed E-state index contributed by atoms with van der Waals surface area (Å²) in [5.41, 5.74) is 2.74. The number of carbonyl (C=O) groups is 1. The van der Waals surface area contributed by atoms with E-state index in [1.165, 1.54) is 25.7 Å². The summed E-state index contributed by atoms with van der Waals surface area (Å²) in [5, 5.41) is 13.1. The smallest absolute Gasteiger partial charge is 0.147 e. The van der Waals surface area contributed by atoms with Gasteiger partial charge in [0.15, 0.2) is 0 Å². The topological polar surface area (TPSA) is 70.7 Å². The maximum atomic E-state index is 12.1. The fourth-order valence-corrected chi connectivity index (χ4v) is 7.39. The Bertz CT molecular complexity index is 896. The molecule has 6 atom stereocenters. The Kier molecular flexibility index (Phi) is 7.45. The van der Waals surface area contributed by atoms with E-state index in [-0.39, 0.29) is 5.41 Å². The lowest BCUT2D eigenvalue weighted by Gasteiger charge is -2.58. The highest BCUT2D eigenvalue weighted by Crippen LogP contribution is 2.66. The van der Waals surface area contributed by atoms with Gasteiger partial charge in [-0.15, -0.1) is 13.2 Å². The van der Waals surface area contributed by atoms with Crippen molar-refractivity contribution < 1.29 is 4.79 Å². The van der Waals surface area contributed by atoms with E-state index in [0.717, 1.165) is 49.4 Å². The number of imidazole rings is 1. The first-order valence-corrected chi connectivity index (χ1v) is 12.2. The van der Waals surface area contributed by atoms with E-state index in [1.807, 2.05) is 4.57 Å². The van der Waals surface area contributed by atoms with Crippen LogP contribution >= 0.6 is 0 Å². The summed E-state index contributed by atoms with van der Waals surface area (Å²) in [6, 6.07) is 2.26. The maximum Gasteiger partial charge on any atom is 0.147 e. The molecular formula is C27H40N4O. The monoisotopic (exact) mass is 436 g/mol. The van der Waals surface area contributed by atoms with Gasteiger partial charge in [0.1, 0.15) is 18.0 Å². The molecular weight excluding hydrogens is 396 g/mol. The minimum Gasteiger partial charge on any atom is -0.317 e. The van der Waals surface area contributed by atoms with Crippen LogP contribution < -0.4 is 5.32 Å². The van der Waals surface area contributed by atoms with E-state index in [1.54, 1.807) is 12.5 Å². The molecule has 2 fully saturated rings. The average Bonchev–Trinajstić information content (AvgIpc) is 3.38. The minimum atomic E-state index is -0.0626. The van der Waals surface area contributed by atoms with Crippen molar-refractivity contribution in [1.29, 1.82) is 5.26 Å². The molecule has 3 aliphatic carbocycles. The van der Waals surface area contributed by atoms with Crippen molar-refractivity contribution in [3.05, 3.63) is 36.9 Å². The lowest BCUT2D eigenvalue weighted by atomic mass is 9.47. The highest BCUT2D eigenvalue weighted by atomic mass is 16.1. The molecule has 5 heteroatoms. The first-order chi connectivity index (χ1) is 15.4. The Labute approximate surface area is 194 Å². The van der Waals surface area contributed by atoms with Gasteiger partial charge in [-0.2, -0.15) is 5.26 Å². The molecule has 2 saturated carbocycles. The Balaban J connectivity index is 0.00000141. The quantitative estimate of drug-likeness (QED) is 0.365. The van der Waals surface area contributed by atoms with E-state index < -0.39 is 0 Å². The Hall–Kier alpha value is -2.19. The summed E-state index contributed by atoms with van der Waals surface area (Å²) in [6.07, 6.45) is 11.3. The van der Waals surface area contributed by atoms with Crippen molar-refractivity contribution in [2.75, 3.05) is 13.1 Å². The van der Waals surface area contributed by atoms with E-state index in [0.29, 0.717) is 28.9 Å². The number of hydrogen-bond acceptors (Lipinski definition) is 4. The Morgan fingerprint density at radius 2 is 2.06 bits per heavy atom. The molecule has 0 saturated heterocycles. The Morgan fingerprint density at radius 1 is 1.31 bits per heavy atom. The van der Waals surface area contributed by atoms with Crippen LogP contribution in [0.25, 0.3) is 5.70 Å². The molecule has 4 rings (SSSR count). The third kappa shape index (κ3) is 3.77. The van der Waals surface area contributed by atoms with E-state index in [2.05, 4.69) is 57.2 Å². The molecule has 1 aromatic heterocycles. The van der Waals surface area contributed by atoms with Crippen LogP contribution in [0.2, 0.25) is 0 Å². The molecule has 174 valence electrons. The van der Waals surface area contributed by atoms with Gasteiger partial charge in [0.05, 0.1) is 12.5 Å². The van der Waals surface area contributed by atoms with Crippen LogP contribution in [0, 0.1) is 45.8 Å². The molecule has 0 aromatic carbocycles. The average molecular weight is 437 g/mol. The molecule has 5 nitrogen and oxygen atoms in total. The standard InChI is InChI=1S/C25H36N4O.C2H4/c1-5-27-11-10-24(3)17(2)6-7-20-21(24)8-9-25(4)22(20)12-18(15-30)23(25)29-16-28-14-19(29)13-26;1-2/h14-17,20-22,27H,5-12H2,1-4H3;1-2H2. The number of carbonyl (C=O) groups excluding carboxylic acids is 1. The predicted molar refractivity (Wildman–Crippen MR) is 130 cm³/mol. The van der Waals surface area contributed by atoms with Crippen LogP contribution in [0.15, 0.2) is 31.3 Å². The van der Waals surface area contributed by atoms with Crippen LogP contribution in [-0.2, 0) is 4.79 Å². The van der Waals surface area contributed by atoms with Gasteiger partial charge >= 0.3 is 0 Å². The van der Waals surface area contributed by atoms with Crippen molar-refractivity contribution in [1.82, 2.24) is 14.9 Å². The molecule has 1 aromatic rings. The maximum absolute atomic E-state index is 12.1. The summed E-state index contributed by atoms with van der Waals surface area (Å²) in [4.78, 5) is 16.3. The van der Waals surface area contributed by atoms with Gasteiger partial charge in [-0.25, -0.2) is 4.98 Å². The van der Waals surface area contributed by atoms with Crippen molar-refractivity contribution in [2.45, 2.75) is 66.2 Å². The number of fused-ring (bicyclic) bond motifs is 3. The number of allylic oxidation sites excluding steroid dienone is 2. The van der Waals surface area contributed by atoms with Gasteiger partial charge < -0.3 is 5.32 Å². The number of nitrogens with zero attached hydrogens (tertiary/aromatic N) is 3. The summed E-state index contributed by atoms with van der Waals surface area (Å²) in [6.45, 7) is 17.6. The number of rotatable bonds is 6. The molecule has 32 heavy (non-hydrogen) atoms. The predicted octanol–water partition coefficient (Wildman–Crippen LogP) is 5.46. The molecule has 6 unspecified atom stereocenters. The molecule has 0 radical (unpaired) electrons. The third-order valence-electron chi connectivity index (χ3n) is 9.24. The van der Waals surface area contributed by atoms with Crippen LogP contribution in [-0.4, -0.2) is 28.9 Å². The van der Waals surface area contributed by atoms with Crippen LogP contribution in [0.4, 0.5) is 0 Å². The lowest BCUT2D eigenvalue weighted by molar-refractivity contribution is -0.105. The third-order valence-corrected chi connectivity index (χ3v) is 9.24. The van der Waals surface area contributed by atoms with Gasteiger partial charge in [0.25, 0.3) is 0 Å². The summed E-state index contributed by atoms with van der Waals surface area (Å²) >= 11 is 0. The molecule has 1 N–H and O–H groups in total. The summed E-state index contributed by atoms with van der Waals surface area (Å²) in [5.74, 6) is 2.57. The number of aromatic nitrogens is 2. The van der Waals surface area contributed by atoms with Gasteiger partial charge in [-0.1, -0.05) is 27.7 Å². The molecule has 3 aliphatic rings. The first-order valence-electron chi connectivity index (χ1n) is 12.2. The minimum absolute atomic E-state index is 0.0626. The Morgan fingerprint density at radius 3 is 2.72 bits per heavy atom. The van der Waals surface area contributed by atoms with Crippen molar-refractivity contribution in [3.8, 4) is 6.07 Å². The highest BCUT2D eigenvalue weighted by Gasteiger charge is 2.58. The van der Waals surface area contributed by atoms with Gasteiger partial charge in [-0.05, 0) is 80.7 Å². The number of nitrogens with one attached hydrogen (secondary N) is 1. The molecule has 0 spiro atoms. The summed E-state index contributed by atoms with van der Waals surface area (Å²) < 4.78 is 1.90. The highest BCUT2D eigenvalue weighted by molar-refractivity contribution is 5.87. The lowest BCUT2D eigenvalue weighted by Crippen LogP contribution is -2.51. The van der Waals surface area contributed by atoms with Crippen molar-refractivity contribution >= 4 is 12.0 Å². The normalized spacial score (nSPS) is 35.8. The van der Waals surface area contributed by atoms with Crippen LogP contribution in [0.5, 0.6) is 0 Å². The number of aldehydes is 1. The van der Waals surface area contributed by atoms with Gasteiger partial charge in [0, 0.05) is 16.7 Å². The molecule has 0 amide bonds. The van der Waals surface area contributed by atoms with Crippen LogP contribution in [0.1, 0.15) is 71.9 Å². The molecule has 0 bridgehead atoms. The molecule has 1 heterocycles. The van der Waals surface area contributed by atoms with Crippen molar-refractivity contribution in [3.63, 3.8) is 0 Å². The fraction of sp³-hybridized carbons (Fsp3) is 0.667. The first kappa shape index (κ1) is 24.5. The van der Waals surface area contributed by atoms with E-state index in [9.17, 15) is 10.1 Å². The van der Waals surface area contributed by atoms with E-state index >= 15 is 0 Å². The second-order valence-corrected chi connectivity index (χ2v) is 10.4. The largest absolute Gasteiger partial charge is 0.317 e. The van der Waals surface area contributed by atoms with Crippen molar-refractivity contribution in [2.24, 2.45) is 34.5 Å². The summed E-state index contributed by atoms with van der Waals surface area (Å²) in [7, 11) is 0. The fourth-order valence-electron chi connectivity index (χ4n) is 7.39. The molecule has 0 aliphatic heterocycles. The zero-order chi connectivity index (χ0) is 23.5. The van der Waals surface area contributed by atoms with Crippen LogP contribution in [0.3, 0.4) is 0 Å². The SMILES string of the molecule is C=C.CCNCCC1(C)C(C)CCC2C3CC(C=O)=C(n4cncc4C#N)C3(C)CCC21. The second-order valence-electron chi connectivity index (χ2n) is 10.4. The zero-order valence-corrected chi connectivity index (χ0v) is 20.4. The number of hydrogen-bond donors (Lipinski definition) is 1. The van der Waals surface area contributed by atoms with Gasteiger partial charge in [-0.3, -0.25) is 9.36 Å². The zero-order valence-electron chi connectivity index (χ0n) is 20.4. The van der Waals surface area contributed by atoms with Gasteiger partial charge in [0.2, 0.25) is 0 Å². The number of nitriles is 1.